The van der Waals surface area contributed by atoms with Gasteiger partial charge in [-0.25, -0.2) is 4.79 Å². The summed E-state index contributed by atoms with van der Waals surface area (Å²) in [5, 5.41) is 13.9. The van der Waals surface area contributed by atoms with Crippen molar-refractivity contribution in [3.8, 4) is 0 Å². The summed E-state index contributed by atoms with van der Waals surface area (Å²) in [5.41, 5.74) is -1.03. The lowest BCUT2D eigenvalue weighted by atomic mass is 10.0. The molecule has 1 rings (SSSR count). The number of unbranched alkanes of at least 4 members (excludes halogenated alkanes) is 1. The van der Waals surface area contributed by atoms with Crippen molar-refractivity contribution >= 4 is 17.8 Å². The van der Waals surface area contributed by atoms with Crippen molar-refractivity contribution in [3.63, 3.8) is 0 Å². The Morgan fingerprint density at radius 3 is 2.28 bits per heavy atom. The van der Waals surface area contributed by atoms with Gasteiger partial charge in [0, 0.05) is 7.05 Å². The first-order chi connectivity index (χ1) is 8.47. The standard InChI is InChI=1S/C12H20N2O4/c1-3-4-5-8(9(15)16)14-11(18)12(6-7-12)10(17)13-2/h8H,3-7H2,1-2H3,(H,13,17)(H,14,18)(H,15,16)/t8-/m0/s1. The van der Waals surface area contributed by atoms with Gasteiger partial charge < -0.3 is 15.7 Å². The van der Waals surface area contributed by atoms with Gasteiger partial charge in [-0.2, -0.15) is 0 Å². The van der Waals surface area contributed by atoms with Crippen LogP contribution in [0, 0.1) is 5.41 Å². The lowest BCUT2D eigenvalue weighted by Gasteiger charge is -2.18. The van der Waals surface area contributed by atoms with Gasteiger partial charge >= 0.3 is 5.97 Å². The third-order valence-electron chi connectivity index (χ3n) is 3.30. The van der Waals surface area contributed by atoms with Crippen LogP contribution >= 0.6 is 0 Å². The Hall–Kier alpha value is -1.59. The molecule has 0 aromatic carbocycles. The maximum absolute atomic E-state index is 12.0. The minimum atomic E-state index is -1.05. The fraction of sp³-hybridized carbons (Fsp3) is 0.750. The van der Waals surface area contributed by atoms with Crippen LogP contribution in [0.25, 0.3) is 0 Å². The van der Waals surface area contributed by atoms with Crippen LogP contribution < -0.4 is 10.6 Å². The zero-order valence-corrected chi connectivity index (χ0v) is 10.8. The van der Waals surface area contributed by atoms with Gasteiger partial charge in [0.1, 0.15) is 11.5 Å². The van der Waals surface area contributed by atoms with Crippen LogP contribution in [0.4, 0.5) is 0 Å². The van der Waals surface area contributed by atoms with E-state index in [4.69, 9.17) is 5.11 Å². The van der Waals surface area contributed by atoms with Crippen molar-refractivity contribution in [2.45, 2.75) is 45.1 Å². The lowest BCUT2D eigenvalue weighted by Crippen LogP contribution is -2.48. The van der Waals surface area contributed by atoms with E-state index in [1.807, 2.05) is 6.92 Å². The van der Waals surface area contributed by atoms with Crippen LogP contribution in [0.5, 0.6) is 0 Å². The first-order valence-corrected chi connectivity index (χ1v) is 6.24. The predicted molar refractivity (Wildman–Crippen MR) is 64.8 cm³/mol. The second-order valence-electron chi connectivity index (χ2n) is 4.67. The highest BCUT2D eigenvalue weighted by Gasteiger charge is 2.56. The number of hydrogen-bond donors (Lipinski definition) is 3. The molecule has 0 radical (unpaired) electrons. The van der Waals surface area contributed by atoms with E-state index in [1.165, 1.54) is 7.05 Å². The fourth-order valence-corrected chi connectivity index (χ4v) is 1.88. The molecule has 6 nitrogen and oxygen atoms in total. The maximum atomic E-state index is 12.0. The minimum absolute atomic E-state index is 0.334. The Morgan fingerprint density at radius 1 is 1.28 bits per heavy atom. The molecule has 3 N–H and O–H groups in total. The molecule has 0 aromatic rings. The van der Waals surface area contributed by atoms with E-state index in [0.717, 1.165) is 12.8 Å². The van der Waals surface area contributed by atoms with Gasteiger partial charge in [0.05, 0.1) is 0 Å². The van der Waals surface area contributed by atoms with E-state index < -0.39 is 23.3 Å². The zero-order chi connectivity index (χ0) is 13.8. The number of carbonyl (C=O) groups excluding carboxylic acids is 2. The van der Waals surface area contributed by atoms with Gasteiger partial charge in [-0.15, -0.1) is 0 Å². The number of aliphatic carboxylic acids is 1. The van der Waals surface area contributed by atoms with E-state index in [0.29, 0.717) is 19.3 Å². The Bertz CT molecular complexity index is 350. The average Bonchev–Trinajstić information content (AvgIpc) is 3.14. The molecule has 1 atom stereocenters. The molecule has 0 aliphatic heterocycles. The van der Waals surface area contributed by atoms with Crippen LogP contribution in [0.2, 0.25) is 0 Å². The summed E-state index contributed by atoms with van der Waals surface area (Å²) in [6.07, 6.45) is 2.95. The number of carbonyl (C=O) groups is 3. The molecular formula is C12H20N2O4. The first kappa shape index (κ1) is 14.5. The summed E-state index contributed by atoms with van der Waals surface area (Å²) >= 11 is 0. The number of carboxylic acids is 1. The van der Waals surface area contributed by atoms with Gasteiger partial charge in [-0.3, -0.25) is 9.59 Å². The summed E-state index contributed by atoms with van der Waals surface area (Å²) in [4.78, 5) is 34.6. The van der Waals surface area contributed by atoms with Crippen LogP contribution in [-0.4, -0.2) is 36.0 Å². The van der Waals surface area contributed by atoms with Crippen molar-refractivity contribution in [2.24, 2.45) is 5.41 Å². The second-order valence-corrected chi connectivity index (χ2v) is 4.67. The molecule has 0 heterocycles. The molecule has 2 amide bonds. The molecule has 1 saturated carbocycles. The normalized spacial score (nSPS) is 17.7. The molecule has 6 heteroatoms. The second kappa shape index (κ2) is 5.84. The summed E-state index contributed by atoms with van der Waals surface area (Å²) < 4.78 is 0. The highest BCUT2D eigenvalue weighted by atomic mass is 16.4. The van der Waals surface area contributed by atoms with Crippen LogP contribution in [0.15, 0.2) is 0 Å². The van der Waals surface area contributed by atoms with Crippen molar-refractivity contribution in [1.29, 1.82) is 0 Å². The summed E-state index contributed by atoms with van der Waals surface area (Å²) in [6.45, 7) is 1.95. The van der Waals surface area contributed by atoms with Crippen molar-refractivity contribution in [3.05, 3.63) is 0 Å². The smallest absolute Gasteiger partial charge is 0.326 e. The van der Waals surface area contributed by atoms with Crippen LogP contribution in [0.1, 0.15) is 39.0 Å². The molecule has 0 bridgehead atoms. The Balaban J connectivity index is 2.62. The number of hydrogen-bond acceptors (Lipinski definition) is 3. The van der Waals surface area contributed by atoms with E-state index in [2.05, 4.69) is 10.6 Å². The van der Waals surface area contributed by atoms with Gasteiger partial charge in [0.25, 0.3) is 0 Å². The average molecular weight is 256 g/mol. The third-order valence-corrected chi connectivity index (χ3v) is 3.30. The maximum Gasteiger partial charge on any atom is 0.326 e. The third kappa shape index (κ3) is 3.00. The topological polar surface area (TPSA) is 95.5 Å². The number of carboxylic acid groups (broad SMARTS) is 1. The summed E-state index contributed by atoms with van der Waals surface area (Å²) in [5.74, 6) is -1.85. The van der Waals surface area contributed by atoms with Crippen LogP contribution in [-0.2, 0) is 14.4 Å². The van der Waals surface area contributed by atoms with Gasteiger partial charge in [-0.1, -0.05) is 19.8 Å². The monoisotopic (exact) mass is 256 g/mol. The van der Waals surface area contributed by atoms with Crippen molar-refractivity contribution < 1.29 is 19.5 Å². The molecule has 0 spiro atoms. The van der Waals surface area contributed by atoms with E-state index in [-0.39, 0.29) is 5.91 Å². The highest BCUT2D eigenvalue weighted by Crippen LogP contribution is 2.46. The van der Waals surface area contributed by atoms with E-state index in [9.17, 15) is 14.4 Å². The highest BCUT2D eigenvalue weighted by molar-refractivity contribution is 6.08. The largest absolute Gasteiger partial charge is 0.480 e. The predicted octanol–water partition coefficient (Wildman–Crippen LogP) is 0.272. The molecule has 1 aliphatic rings. The van der Waals surface area contributed by atoms with Gasteiger partial charge in [0.2, 0.25) is 11.8 Å². The summed E-state index contributed by atoms with van der Waals surface area (Å²) in [7, 11) is 1.47. The lowest BCUT2D eigenvalue weighted by molar-refractivity contribution is -0.145. The van der Waals surface area contributed by atoms with Gasteiger partial charge in [0.15, 0.2) is 0 Å². The molecule has 1 aliphatic carbocycles. The van der Waals surface area contributed by atoms with Crippen LogP contribution in [0.3, 0.4) is 0 Å². The number of amides is 2. The molecule has 1 fully saturated rings. The Morgan fingerprint density at radius 2 is 1.89 bits per heavy atom. The minimum Gasteiger partial charge on any atom is -0.480 e. The summed E-state index contributed by atoms with van der Waals surface area (Å²) in [6, 6.07) is -0.903. The quantitative estimate of drug-likeness (QED) is 0.570. The van der Waals surface area contributed by atoms with Gasteiger partial charge in [-0.05, 0) is 19.3 Å². The number of rotatable bonds is 7. The zero-order valence-electron chi connectivity index (χ0n) is 10.8. The molecule has 18 heavy (non-hydrogen) atoms. The Labute approximate surface area is 106 Å². The molecule has 0 unspecified atom stereocenters. The molecular weight excluding hydrogens is 236 g/mol. The molecule has 102 valence electrons. The number of nitrogens with one attached hydrogen (secondary N) is 2. The Kier molecular flexibility index (Phi) is 4.69. The molecule has 0 aromatic heterocycles. The van der Waals surface area contributed by atoms with Crippen molar-refractivity contribution in [2.75, 3.05) is 7.05 Å². The van der Waals surface area contributed by atoms with E-state index >= 15 is 0 Å². The molecule has 0 saturated heterocycles. The SMILES string of the molecule is CCCC[C@H](NC(=O)C1(C(=O)NC)CC1)C(=O)O. The fourth-order valence-electron chi connectivity index (χ4n) is 1.88. The first-order valence-electron chi connectivity index (χ1n) is 6.24. The van der Waals surface area contributed by atoms with E-state index in [1.54, 1.807) is 0 Å². The van der Waals surface area contributed by atoms with Crippen molar-refractivity contribution in [1.82, 2.24) is 10.6 Å².